The number of aromatic nitrogens is 2. The van der Waals surface area contributed by atoms with Gasteiger partial charge in [-0.15, -0.1) is 0 Å². The molecule has 226 valence electrons. The summed E-state index contributed by atoms with van der Waals surface area (Å²) in [6.45, 7) is 13.0. The number of carbonyl (C=O) groups is 3. The van der Waals surface area contributed by atoms with Crippen LogP contribution in [0.1, 0.15) is 84.1 Å². The monoisotopic (exact) mass is 574 g/mol. The molecule has 0 aliphatic carbocycles. The number of pyridine rings is 1. The van der Waals surface area contributed by atoms with Gasteiger partial charge in [-0.3, -0.25) is 4.90 Å². The predicted molar refractivity (Wildman–Crippen MR) is 151 cm³/mol. The van der Waals surface area contributed by atoms with E-state index in [2.05, 4.69) is 9.97 Å². The van der Waals surface area contributed by atoms with E-state index < -0.39 is 23.3 Å². The molecule has 2 aromatic rings. The van der Waals surface area contributed by atoms with Crippen molar-refractivity contribution in [3.05, 3.63) is 30.3 Å². The Labute approximate surface area is 241 Å². The minimum absolute atomic E-state index is 0.0149. The van der Waals surface area contributed by atoms with Crippen molar-refractivity contribution >= 4 is 24.0 Å². The van der Waals surface area contributed by atoms with Gasteiger partial charge in [0.1, 0.15) is 23.3 Å². The Hall–Kier alpha value is -3.67. The number of carbonyl (C=O) groups excluding carboxylic acids is 2. The third kappa shape index (κ3) is 10.0. The summed E-state index contributed by atoms with van der Waals surface area (Å²) in [6.07, 6.45) is 5.79. The molecular weight excluding hydrogens is 532 g/mol. The van der Waals surface area contributed by atoms with Crippen LogP contribution in [0.15, 0.2) is 29.0 Å². The van der Waals surface area contributed by atoms with Gasteiger partial charge in [-0.25, -0.2) is 24.4 Å². The molecule has 2 aromatic heterocycles. The molecule has 1 N–H and O–H groups in total. The maximum Gasteiger partial charge on any atom is 0.416 e. The van der Waals surface area contributed by atoms with E-state index in [4.69, 9.17) is 23.7 Å². The van der Waals surface area contributed by atoms with E-state index in [-0.39, 0.29) is 23.7 Å². The van der Waals surface area contributed by atoms with Crippen LogP contribution in [0.3, 0.4) is 0 Å². The van der Waals surface area contributed by atoms with Crippen molar-refractivity contribution < 1.29 is 38.1 Å². The lowest BCUT2D eigenvalue weighted by Crippen LogP contribution is -2.41. The van der Waals surface area contributed by atoms with E-state index in [1.165, 1.54) is 11.1 Å². The van der Waals surface area contributed by atoms with Gasteiger partial charge in [0.25, 0.3) is 0 Å². The Balaban J connectivity index is 1.53. The van der Waals surface area contributed by atoms with Gasteiger partial charge < -0.3 is 28.6 Å². The molecule has 2 amide bonds. The number of likely N-dealkylation sites (tertiary alicyclic amines) is 1. The van der Waals surface area contributed by atoms with Crippen molar-refractivity contribution in [2.75, 3.05) is 31.2 Å². The summed E-state index contributed by atoms with van der Waals surface area (Å²) in [7, 11) is 0. The van der Waals surface area contributed by atoms with E-state index in [0.717, 1.165) is 31.9 Å². The van der Waals surface area contributed by atoms with Crippen molar-refractivity contribution in [2.24, 2.45) is 0 Å². The number of carboxylic acids is 1. The molecule has 1 atom stereocenters. The van der Waals surface area contributed by atoms with Crippen molar-refractivity contribution in [3.8, 4) is 11.5 Å². The van der Waals surface area contributed by atoms with Crippen molar-refractivity contribution in [2.45, 2.75) is 90.9 Å². The molecule has 1 aliphatic heterocycles. The summed E-state index contributed by atoms with van der Waals surface area (Å²) in [5.74, 6) is -0.747. The number of ether oxygens (including phenoxy) is 3. The Morgan fingerprint density at radius 3 is 2.49 bits per heavy atom. The van der Waals surface area contributed by atoms with Crippen LogP contribution in [0, 0.1) is 0 Å². The average molecular weight is 575 g/mol. The van der Waals surface area contributed by atoms with Crippen LogP contribution >= 0.6 is 0 Å². The number of hydrogen-bond acceptors (Lipinski definition) is 9. The molecule has 0 spiro atoms. The highest BCUT2D eigenvalue weighted by Crippen LogP contribution is 2.25. The van der Waals surface area contributed by atoms with E-state index in [9.17, 15) is 14.4 Å². The second-order valence-electron chi connectivity index (χ2n) is 12.0. The largest absolute Gasteiger partial charge is 0.476 e. The van der Waals surface area contributed by atoms with E-state index in [0.29, 0.717) is 44.1 Å². The first kappa shape index (κ1) is 31.9. The second-order valence-corrected chi connectivity index (χ2v) is 12.0. The van der Waals surface area contributed by atoms with Crippen LogP contribution in [0.5, 0.6) is 0 Å². The first-order chi connectivity index (χ1) is 19.2. The molecule has 12 nitrogen and oxygen atoms in total. The summed E-state index contributed by atoms with van der Waals surface area (Å²) < 4.78 is 22.3. The van der Waals surface area contributed by atoms with Gasteiger partial charge in [-0.05, 0) is 85.8 Å². The highest BCUT2D eigenvalue weighted by Gasteiger charge is 2.32. The number of unbranched alkanes of at least 4 members (excludes halogenated alkanes) is 2. The normalized spacial score (nSPS) is 15.6. The molecule has 41 heavy (non-hydrogen) atoms. The van der Waals surface area contributed by atoms with Gasteiger partial charge in [-0.1, -0.05) is 0 Å². The lowest BCUT2D eigenvalue weighted by atomic mass is 10.2. The highest BCUT2D eigenvalue weighted by molar-refractivity contribution is 5.88. The SMILES string of the molecule is CC(C)(C)OC(=O)N(CCCCCOCC1CCCN1C(=O)OC(C)(C)C)c1cc(-c2nc(C(=O)O)co2)ccn1. The minimum Gasteiger partial charge on any atom is -0.476 e. The number of hydrogen-bond donors (Lipinski definition) is 1. The maximum atomic E-state index is 13.1. The summed E-state index contributed by atoms with van der Waals surface area (Å²) in [5.41, 5.74) is -0.964. The molecule has 1 saturated heterocycles. The first-order valence-corrected chi connectivity index (χ1v) is 14.0. The molecule has 0 bridgehead atoms. The van der Waals surface area contributed by atoms with E-state index in [1.807, 2.05) is 20.8 Å². The Bertz CT molecular complexity index is 1180. The number of carboxylic acid groups (broad SMARTS) is 1. The number of aromatic carboxylic acids is 1. The van der Waals surface area contributed by atoms with Gasteiger partial charge in [0, 0.05) is 31.5 Å². The third-order valence-corrected chi connectivity index (χ3v) is 6.09. The van der Waals surface area contributed by atoms with Gasteiger partial charge in [0.2, 0.25) is 5.89 Å². The van der Waals surface area contributed by atoms with Gasteiger partial charge in [0.15, 0.2) is 5.69 Å². The van der Waals surface area contributed by atoms with Crippen molar-refractivity contribution in [3.63, 3.8) is 0 Å². The smallest absolute Gasteiger partial charge is 0.416 e. The molecule has 0 aromatic carbocycles. The topological polar surface area (TPSA) is 145 Å². The summed E-state index contributed by atoms with van der Waals surface area (Å²) in [6, 6.07) is 3.25. The number of amides is 2. The molecule has 3 rings (SSSR count). The zero-order valence-corrected chi connectivity index (χ0v) is 24.8. The lowest BCUT2D eigenvalue weighted by molar-refractivity contribution is 0.0103. The number of nitrogens with zero attached hydrogens (tertiary/aromatic N) is 4. The highest BCUT2D eigenvalue weighted by atomic mass is 16.6. The lowest BCUT2D eigenvalue weighted by Gasteiger charge is -2.28. The van der Waals surface area contributed by atoms with Crippen LogP contribution in [0.25, 0.3) is 11.5 Å². The molecule has 1 fully saturated rings. The maximum absolute atomic E-state index is 13.1. The molecule has 0 radical (unpaired) electrons. The summed E-state index contributed by atoms with van der Waals surface area (Å²) >= 11 is 0. The number of oxazole rings is 1. The second kappa shape index (κ2) is 13.8. The van der Waals surface area contributed by atoms with Crippen LogP contribution in [0.4, 0.5) is 15.4 Å². The molecule has 3 heterocycles. The first-order valence-electron chi connectivity index (χ1n) is 14.0. The summed E-state index contributed by atoms with van der Waals surface area (Å²) in [4.78, 5) is 48.2. The zero-order chi connectivity index (χ0) is 30.2. The molecular formula is C29H42N4O8. The quantitative estimate of drug-likeness (QED) is 0.329. The third-order valence-electron chi connectivity index (χ3n) is 6.09. The standard InChI is InChI=1S/C29H42N4O8/c1-28(2,3)40-26(36)32-15-10-11-21(32)18-38-16-9-7-8-14-33(27(37)41-29(4,5)6)23-17-20(12-13-30-23)24-31-22(19-39-24)25(34)35/h12-13,17,19,21H,7-11,14-16,18H2,1-6H3,(H,34,35). The zero-order valence-electron chi connectivity index (χ0n) is 24.8. The summed E-state index contributed by atoms with van der Waals surface area (Å²) in [5, 5.41) is 9.13. The number of rotatable bonds is 11. The molecule has 1 aliphatic rings. The molecule has 1 unspecified atom stereocenters. The minimum atomic E-state index is -1.20. The van der Waals surface area contributed by atoms with Crippen molar-refractivity contribution in [1.82, 2.24) is 14.9 Å². The van der Waals surface area contributed by atoms with Crippen LogP contribution in [-0.4, -0.2) is 81.7 Å². The van der Waals surface area contributed by atoms with Crippen molar-refractivity contribution in [1.29, 1.82) is 0 Å². The van der Waals surface area contributed by atoms with Crippen LogP contribution in [0.2, 0.25) is 0 Å². The van der Waals surface area contributed by atoms with Gasteiger partial charge in [-0.2, -0.15) is 0 Å². The Morgan fingerprint density at radius 2 is 1.83 bits per heavy atom. The average Bonchev–Trinajstić information content (AvgIpc) is 3.54. The number of anilines is 1. The van der Waals surface area contributed by atoms with E-state index in [1.54, 1.807) is 37.8 Å². The van der Waals surface area contributed by atoms with E-state index >= 15 is 0 Å². The fourth-order valence-corrected chi connectivity index (χ4v) is 4.26. The predicted octanol–water partition coefficient (Wildman–Crippen LogP) is 5.76. The molecule has 0 saturated carbocycles. The van der Waals surface area contributed by atoms with Crippen LogP contribution < -0.4 is 4.90 Å². The fraction of sp³-hybridized carbons (Fsp3) is 0.621. The van der Waals surface area contributed by atoms with Crippen LogP contribution in [-0.2, 0) is 14.2 Å². The Kier molecular flexibility index (Phi) is 10.7. The Morgan fingerprint density at radius 1 is 1.10 bits per heavy atom. The van der Waals surface area contributed by atoms with Gasteiger partial charge >= 0.3 is 18.2 Å². The molecule has 12 heteroatoms. The fourth-order valence-electron chi connectivity index (χ4n) is 4.26. The van der Waals surface area contributed by atoms with Gasteiger partial charge in [0.05, 0.1) is 12.6 Å².